The molecule has 0 amide bonds. The van der Waals surface area contributed by atoms with Crippen LogP contribution in [0, 0.1) is 6.92 Å². The minimum absolute atomic E-state index is 0.371. The van der Waals surface area contributed by atoms with E-state index in [1.54, 1.807) is 19.2 Å². The first-order valence-corrected chi connectivity index (χ1v) is 7.51. The van der Waals surface area contributed by atoms with Gasteiger partial charge in [-0.05, 0) is 43.3 Å². The van der Waals surface area contributed by atoms with Gasteiger partial charge in [0, 0.05) is 28.5 Å². The van der Waals surface area contributed by atoms with Gasteiger partial charge in [-0.2, -0.15) is 0 Å². The molecular weight excluding hydrogens is 304 g/mol. The quantitative estimate of drug-likeness (QED) is 0.733. The number of benzene rings is 2. The number of aryl methyl sites for hydroxylation is 1. The Morgan fingerprint density at radius 1 is 1.08 bits per heavy atom. The fourth-order valence-corrected chi connectivity index (χ4v) is 2.56. The lowest BCUT2D eigenvalue weighted by molar-refractivity contribution is 0.0601. The van der Waals surface area contributed by atoms with Gasteiger partial charge in [-0.1, -0.05) is 6.07 Å². The Bertz CT molecular complexity index is 906. The summed E-state index contributed by atoms with van der Waals surface area (Å²) in [7, 11) is 3.00. The molecule has 5 nitrogen and oxygen atoms in total. The highest BCUT2D eigenvalue weighted by Crippen LogP contribution is 2.29. The number of carbonyl (C=O) groups is 1. The normalized spacial score (nSPS) is 10.5. The second kappa shape index (κ2) is 6.58. The fraction of sp³-hybridized carbons (Fsp3) is 0.158. The Morgan fingerprint density at radius 2 is 1.92 bits per heavy atom. The van der Waals surface area contributed by atoms with Crippen LogP contribution in [0.3, 0.4) is 0 Å². The van der Waals surface area contributed by atoms with Crippen molar-refractivity contribution in [1.82, 2.24) is 4.98 Å². The molecule has 5 heteroatoms. The Balaban J connectivity index is 2.09. The van der Waals surface area contributed by atoms with Gasteiger partial charge in [0.2, 0.25) is 0 Å². The van der Waals surface area contributed by atoms with E-state index in [4.69, 9.17) is 9.47 Å². The third-order valence-electron chi connectivity index (χ3n) is 3.71. The highest BCUT2D eigenvalue weighted by atomic mass is 16.5. The Kier molecular flexibility index (Phi) is 4.33. The number of nitrogens with one attached hydrogen (secondary N) is 1. The zero-order chi connectivity index (χ0) is 17.1. The molecule has 24 heavy (non-hydrogen) atoms. The van der Waals surface area contributed by atoms with Crippen LogP contribution in [0.5, 0.6) is 5.75 Å². The van der Waals surface area contributed by atoms with Crippen LogP contribution >= 0.6 is 0 Å². The number of aromatic nitrogens is 1. The summed E-state index contributed by atoms with van der Waals surface area (Å²) in [5.74, 6) is 0.398. The number of hydrogen-bond donors (Lipinski definition) is 1. The summed E-state index contributed by atoms with van der Waals surface area (Å²) in [6.07, 6.45) is 0. The van der Waals surface area contributed by atoms with Gasteiger partial charge in [-0.3, -0.25) is 4.98 Å². The molecule has 0 saturated carbocycles. The van der Waals surface area contributed by atoms with Crippen LogP contribution in [-0.4, -0.2) is 25.2 Å². The number of methoxy groups -OCH3 is 2. The van der Waals surface area contributed by atoms with Gasteiger partial charge >= 0.3 is 5.97 Å². The van der Waals surface area contributed by atoms with Gasteiger partial charge in [-0.15, -0.1) is 0 Å². The summed E-state index contributed by atoms with van der Waals surface area (Å²) in [5.41, 5.74) is 3.96. The molecule has 2 aromatic carbocycles. The van der Waals surface area contributed by atoms with Crippen molar-refractivity contribution < 1.29 is 14.3 Å². The van der Waals surface area contributed by atoms with Crippen LogP contribution < -0.4 is 10.1 Å². The number of hydrogen-bond acceptors (Lipinski definition) is 5. The van der Waals surface area contributed by atoms with Crippen molar-refractivity contribution in [3.05, 3.63) is 59.8 Å². The fourth-order valence-electron chi connectivity index (χ4n) is 2.56. The van der Waals surface area contributed by atoms with Crippen LogP contribution in [0.4, 0.5) is 11.4 Å². The summed E-state index contributed by atoms with van der Waals surface area (Å²) in [4.78, 5) is 16.3. The molecule has 0 bridgehead atoms. The molecule has 1 aromatic heterocycles. The molecule has 3 aromatic rings. The topological polar surface area (TPSA) is 60.5 Å². The van der Waals surface area contributed by atoms with E-state index >= 15 is 0 Å². The van der Waals surface area contributed by atoms with Crippen LogP contribution in [-0.2, 0) is 4.74 Å². The minimum Gasteiger partial charge on any atom is -0.497 e. The number of anilines is 2. The van der Waals surface area contributed by atoms with Gasteiger partial charge in [-0.25, -0.2) is 4.79 Å². The van der Waals surface area contributed by atoms with E-state index in [1.807, 2.05) is 43.3 Å². The maximum atomic E-state index is 11.8. The Morgan fingerprint density at radius 3 is 2.67 bits per heavy atom. The van der Waals surface area contributed by atoms with E-state index in [0.717, 1.165) is 33.7 Å². The molecule has 0 radical (unpaired) electrons. The molecule has 1 N–H and O–H groups in total. The SMILES string of the molecule is COC(=O)c1ccc2nc(C)cc(Nc3cccc(OC)c3)c2c1. The molecule has 122 valence electrons. The molecule has 1 heterocycles. The number of fused-ring (bicyclic) bond motifs is 1. The number of rotatable bonds is 4. The lowest BCUT2D eigenvalue weighted by Crippen LogP contribution is -2.02. The van der Waals surface area contributed by atoms with E-state index in [1.165, 1.54) is 7.11 Å². The van der Waals surface area contributed by atoms with E-state index in [0.29, 0.717) is 5.56 Å². The number of ether oxygens (including phenoxy) is 2. The smallest absolute Gasteiger partial charge is 0.337 e. The molecule has 0 aliphatic carbocycles. The monoisotopic (exact) mass is 322 g/mol. The molecule has 0 aliphatic rings. The van der Waals surface area contributed by atoms with Crippen LogP contribution in [0.25, 0.3) is 10.9 Å². The molecule has 0 unspecified atom stereocenters. The molecule has 0 atom stereocenters. The first kappa shape index (κ1) is 15.8. The maximum Gasteiger partial charge on any atom is 0.337 e. The highest BCUT2D eigenvalue weighted by molar-refractivity contribution is 5.99. The first-order valence-electron chi connectivity index (χ1n) is 7.51. The van der Waals surface area contributed by atoms with Gasteiger partial charge in [0.15, 0.2) is 0 Å². The van der Waals surface area contributed by atoms with Crippen molar-refractivity contribution in [2.45, 2.75) is 6.92 Å². The summed E-state index contributed by atoms with van der Waals surface area (Å²) in [6.45, 7) is 1.93. The van der Waals surface area contributed by atoms with Gasteiger partial charge in [0.25, 0.3) is 0 Å². The van der Waals surface area contributed by atoms with Gasteiger partial charge < -0.3 is 14.8 Å². The van der Waals surface area contributed by atoms with Crippen molar-refractivity contribution in [2.24, 2.45) is 0 Å². The van der Waals surface area contributed by atoms with E-state index in [-0.39, 0.29) is 5.97 Å². The van der Waals surface area contributed by atoms with Crippen molar-refractivity contribution >= 4 is 28.2 Å². The third-order valence-corrected chi connectivity index (χ3v) is 3.71. The van der Waals surface area contributed by atoms with Crippen LogP contribution in [0.1, 0.15) is 16.1 Å². The zero-order valence-corrected chi connectivity index (χ0v) is 13.8. The highest BCUT2D eigenvalue weighted by Gasteiger charge is 2.10. The molecule has 0 fully saturated rings. The molecular formula is C19H18N2O3. The molecule has 0 spiro atoms. The number of pyridine rings is 1. The van der Waals surface area contributed by atoms with Crippen molar-refractivity contribution in [3.8, 4) is 5.75 Å². The largest absolute Gasteiger partial charge is 0.497 e. The summed E-state index contributed by atoms with van der Waals surface area (Å²) < 4.78 is 10.1. The lowest BCUT2D eigenvalue weighted by Gasteiger charge is -2.12. The van der Waals surface area contributed by atoms with E-state index in [2.05, 4.69) is 10.3 Å². The Hall–Kier alpha value is -3.08. The van der Waals surface area contributed by atoms with Crippen molar-refractivity contribution in [1.29, 1.82) is 0 Å². The number of esters is 1. The number of carbonyl (C=O) groups excluding carboxylic acids is 1. The second-order valence-electron chi connectivity index (χ2n) is 5.39. The number of nitrogens with zero attached hydrogens (tertiary/aromatic N) is 1. The third kappa shape index (κ3) is 3.15. The summed E-state index contributed by atoms with van der Waals surface area (Å²) in [6, 6.07) is 14.9. The Labute approximate surface area is 140 Å². The summed E-state index contributed by atoms with van der Waals surface area (Å²) in [5, 5.41) is 4.23. The van der Waals surface area contributed by atoms with Gasteiger partial charge in [0.05, 0.1) is 25.3 Å². The average Bonchev–Trinajstić information content (AvgIpc) is 2.60. The first-order chi connectivity index (χ1) is 11.6. The van der Waals surface area contributed by atoms with Crippen molar-refractivity contribution in [2.75, 3.05) is 19.5 Å². The zero-order valence-electron chi connectivity index (χ0n) is 13.8. The lowest BCUT2D eigenvalue weighted by atomic mass is 10.1. The van der Waals surface area contributed by atoms with E-state index in [9.17, 15) is 4.79 Å². The molecule has 3 rings (SSSR count). The maximum absolute atomic E-state index is 11.8. The van der Waals surface area contributed by atoms with Crippen molar-refractivity contribution in [3.63, 3.8) is 0 Å². The van der Waals surface area contributed by atoms with Crippen LogP contribution in [0.2, 0.25) is 0 Å². The minimum atomic E-state index is -0.371. The van der Waals surface area contributed by atoms with Crippen LogP contribution in [0.15, 0.2) is 48.5 Å². The summed E-state index contributed by atoms with van der Waals surface area (Å²) >= 11 is 0. The second-order valence-corrected chi connectivity index (χ2v) is 5.39. The standard InChI is InChI=1S/C19H18N2O3/c1-12-9-18(21-14-5-4-6-15(11-14)23-2)16-10-13(19(22)24-3)7-8-17(16)20-12/h4-11H,1-3H3,(H,20,21). The van der Waals surface area contributed by atoms with Gasteiger partial charge in [0.1, 0.15) is 5.75 Å². The molecule has 0 aliphatic heterocycles. The van der Waals surface area contributed by atoms with E-state index < -0.39 is 0 Å². The predicted molar refractivity (Wildman–Crippen MR) is 94.1 cm³/mol. The predicted octanol–water partition coefficient (Wildman–Crippen LogP) is 4.08. The molecule has 0 saturated heterocycles. The average molecular weight is 322 g/mol.